The van der Waals surface area contributed by atoms with Crippen molar-refractivity contribution in [1.82, 2.24) is 5.16 Å². The highest BCUT2D eigenvalue weighted by atomic mass is 32.2. The molecule has 1 aliphatic heterocycles. The summed E-state index contributed by atoms with van der Waals surface area (Å²) in [5, 5.41) is 6.44. The lowest BCUT2D eigenvalue weighted by Gasteiger charge is -2.29. The summed E-state index contributed by atoms with van der Waals surface area (Å²) in [4.78, 5) is 26.1. The SMILES string of the molecule is Cc1noc(NS(=O)(=O)c2ccc(NC(=O)CCN3C(=O)COc4ccccc43)cc2)c1C. The normalized spacial score (nSPS) is 13.3. The van der Waals surface area contributed by atoms with Gasteiger partial charge in [0.25, 0.3) is 15.9 Å². The molecule has 0 atom stereocenters. The second-order valence-electron chi connectivity index (χ2n) is 7.45. The van der Waals surface area contributed by atoms with Gasteiger partial charge in [-0.2, -0.15) is 0 Å². The molecule has 0 radical (unpaired) electrons. The van der Waals surface area contributed by atoms with E-state index in [0.717, 1.165) is 0 Å². The number of ether oxygens (including phenoxy) is 1. The van der Waals surface area contributed by atoms with Crippen LogP contribution in [0.3, 0.4) is 0 Å². The van der Waals surface area contributed by atoms with E-state index in [-0.39, 0.29) is 42.2 Å². The van der Waals surface area contributed by atoms with Crippen LogP contribution in [0.25, 0.3) is 0 Å². The molecule has 10 nitrogen and oxygen atoms in total. The molecule has 0 fully saturated rings. The zero-order valence-corrected chi connectivity index (χ0v) is 18.8. The molecule has 2 N–H and O–H groups in total. The van der Waals surface area contributed by atoms with Crippen molar-refractivity contribution < 1.29 is 27.3 Å². The summed E-state index contributed by atoms with van der Waals surface area (Å²) in [5.74, 6) is 0.122. The van der Waals surface area contributed by atoms with Gasteiger partial charge in [0, 0.05) is 24.2 Å². The molecule has 4 rings (SSSR count). The minimum absolute atomic E-state index is 0.00414. The van der Waals surface area contributed by atoms with Gasteiger partial charge in [0.1, 0.15) is 5.75 Å². The van der Waals surface area contributed by atoms with Crippen molar-refractivity contribution in [3.63, 3.8) is 0 Å². The minimum Gasteiger partial charge on any atom is -0.482 e. The van der Waals surface area contributed by atoms with Crippen molar-refractivity contribution in [1.29, 1.82) is 0 Å². The zero-order valence-electron chi connectivity index (χ0n) is 18.0. The summed E-state index contributed by atoms with van der Waals surface area (Å²) >= 11 is 0. The number of aromatic nitrogens is 1. The number of rotatable bonds is 7. The number of benzene rings is 2. The number of para-hydroxylation sites is 2. The first-order chi connectivity index (χ1) is 15.7. The van der Waals surface area contributed by atoms with Crippen LogP contribution >= 0.6 is 0 Å². The highest BCUT2D eigenvalue weighted by Gasteiger charge is 2.25. The van der Waals surface area contributed by atoms with E-state index in [9.17, 15) is 18.0 Å². The molecule has 2 heterocycles. The van der Waals surface area contributed by atoms with Crippen LogP contribution in [0, 0.1) is 13.8 Å². The van der Waals surface area contributed by atoms with Gasteiger partial charge in [-0.15, -0.1) is 0 Å². The summed E-state index contributed by atoms with van der Waals surface area (Å²) in [7, 11) is -3.88. The van der Waals surface area contributed by atoms with Gasteiger partial charge in [-0.1, -0.05) is 17.3 Å². The highest BCUT2D eigenvalue weighted by Crippen LogP contribution is 2.31. The number of fused-ring (bicyclic) bond motifs is 1. The minimum atomic E-state index is -3.88. The monoisotopic (exact) mass is 470 g/mol. The standard InChI is InChI=1S/C22H22N4O6S/c1-14-15(2)24-32-22(14)25-33(29,30)17-9-7-16(8-10-17)23-20(27)11-12-26-18-5-3-4-6-19(18)31-13-21(26)28/h3-10,25H,11-13H2,1-2H3,(H,23,27). The fourth-order valence-corrected chi connectivity index (χ4v) is 4.29. The summed E-state index contributed by atoms with van der Waals surface area (Å²) in [6, 6.07) is 12.9. The molecule has 0 spiro atoms. The lowest BCUT2D eigenvalue weighted by atomic mass is 10.2. The molecule has 0 saturated carbocycles. The van der Waals surface area contributed by atoms with E-state index in [4.69, 9.17) is 9.26 Å². The number of hydrogen-bond acceptors (Lipinski definition) is 7. The van der Waals surface area contributed by atoms with Crippen molar-refractivity contribution in [2.24, 2.45) is 0 Å². The van der Waals surface area contributed by atoms with Crippen molar-refractivity contribution in [3.05, 3.63) is 59.8 Å². The smallest absolute Gasteiger partial charge is 0.265 e. The third kappa shape index (κ3) is 4.82. The van der Waals surface area contributed by atoms with Gasteiger partial charge in [-0.05, 0) is 50.2 Å². The lowest BCUT2D eigenvalue weighted by Crippen LogP contribution is -2.40. The van der Waals surface area contributed by atoms with E-state index in [0.29, 0.717) is 28.4 Å². The summed E-state index contributed by atoms with van der Waals surface area (Å²) < 4.78 is 37.9. The van der Waals surface area contributed by atoms with Crippen LogP contribution in [0.2, 0.25) is 0 Å². The van der Waals surface area contributed by atoms with E-state index in [1.165, 1.54) is 29.2 Å². The number of nitrogens with one attached hydrogen (secondary N) is 2. The third-order valence-corrected chi connectivity index (χ3v) is 6.55. The number of carbonyl (C=O) groups is 2. The second kappa shape index (κ2) is 8.94. The lowest BCUT2D eigenvalue weighted by molar-refractivity contribution is -0.121. The first-order valence-electron chi connectivity index (χ1n) is 10.1. The summed E-state index contributed by atoms with van der Waals surface area (Å²) in [5.41, 5.74) is 2.25. The fourth-order valence-electron chi connectivity index (χ4n) is 3.24. The molecule has 0 saturated heterocycles. The van der Waals surface area contributed by atoms with Crippen LogP contribution in [0.5, 0.6) is 5.75 Å². The van der Waals surface area contributed by atoms with Crippen molar-refractivity contribution in [3.8, 4) is 5.75 Å². The molecular formula is C22H22N4O6S. The average Bonchev–Trinajstić information content (AvgIpc) is 3.10. The van der Waals surface area contributed by atoms with Gasteiger partial charge in [-0.25, -0.2) is 13.1 Å². The van der Waals surface area contributed by atoms with Gasteiger partial charge in [0.15, 0.2) is 6.61 Å². The van der Waals surface area contributed by atoms with E-state index >= 15 is 0 Å². The van der Waals surface area contributed by atoms with Crippen LogP contribution < -0.4 is 19.7 Å². The van der Waals surface area contributed by atoms with Crippen LogP contribution in [0.1, 0.15) is 17.7 Å². The summed E-state index contributed by atoms with van der Waals surface area (Å²) in [6.45, 7) is 3.53. The van der Waals surface area contributed by atoms with Crippen molar-refractivity contribution in [2.75, 3.05) is 28.1 Å². The Morgan fingerprint density at radius 3 is 2.55 bits per heavy atom. The van der Waals surface area contributed by atoms with Gasteiger partial charge in [0.2, 0.25) is 11.8 Å². The van der Waals surface area contributed by atoms with E-state index in [1.54, 1.807) is 32.0 Å². The Morgan fingerprint density at radius 1 is 1.12 bits per heavy atom. The second-order valence-corrected chi connectivity index (χ2v) is 9.13. The molecule has 2 aromatic carbocycles. The number of sulfonamides is 1. The molecule has 0 unspecified atom stereocenters. The van der Waals surface area contributed by atoms with Crippen LogP contribution in [-0.2, 0) is 19.6 Å². The maximum Gasteiger partial charge on any atom is 0.265 e. The van der Waals surface area contributed by atoms with Crippen molar-refractivity contribution in [2.45, 2.75) is 25.2 Å². The molecule has 2 amide bonds. The predicted molar refractivity (Wildman–Crippen MR) is 121 cm³/mol. The molecule has 0 aliphatic carbocycles. The van der Waals surface area contributed by atoms with E-state index in [1.807, 2.05) is 6.07 Å². The number of carbonyl (C=O) groups excluding carboxylic acids is 2. The van der Waals surface area contributed by atoms with Gasteiger partial charge >= 0.3 is 0 Å². The first-order valence-corrected chi connectivity index (χ1v) is 11.6. The Bertz CT molecular complexity index is 1300. The quantitative estimate of drug-likeness (QED) is 0.543. The number of amides is 2. The number of nitrogens with zero attached hydrogens (tertiary/aromatic N) is 2. The third-order valence-electron chi connectivity index (χ3n) is 5.20. The molecule has 1 aliphatic rings. The summed E-state index contributed by atoms with van der Waals surface area (Å²) in [6.07, 6.45) is 0.0613. The van der Waals surface area contributed by atoms with E-state index < -0.39 is 10.0 Å². The average molecular weight is 471 g/mol. The Balaban J connectivity index is 1.37. The fraction of sp³-hybridized carbons (Fsp3) is 0.227. The topological polar surface area (TPSA) is 131 Å². The van der Waals surface area contributed by atoms with Crippen LogP contribution in [0.15, 0.2) is 57.9 Å². The largest absolute Gasteiger partial charge is 0.482 e. The Hall–Kier alpha value is -3.86. The van der Waals surface area contributed by atoms with Gasteiger partial charge < -0.3 is 19.5 Å². The Kier molecular flexibility index (Phi) is 6.05. The van der Waals surface area contributed by atoms with Crippen molar-refractivity contribution >= 4 is 39.1 Å². The predicted octanol–water partition coefficient (Wildman–Crippen LogP) is 2.85. The zero-order chi connectivity index (χ0) is 23.6. The van der Waals surface area contributed by atoms with Gasteiger partial charge in [-0.3, -0.25) is 9.59 Å². The molecular weight excluding hydrogens is 448 g/mol. The van der Waals surface area contributed by atoms with Crippen LogP contribution in [0.4, 0.5) is 17.3 Å². The maximum absolute atomic E-state index is 12.6. The Morgan fingerprint density at radius 2 is 1.85 bits per heavy atom. The number of hydrogen-bond donors (Lipinski definition) is 2. The Labute approximate surface area is 190 Å². The number of anilines is 3. The van der Waals surface area contributed by atoms with Gasteiger partial charge in [0.05, 0.1) is 16.3 Å². The van der Waals surface area contributed by atoms with E-state index in [2.05, 4.69) is 15.2 Å². The molecule has 0 bridgehead atoms. The first kappa shape index (κ1) is 22.3. The molecule has 33 heavy (non-hydrogen) atoms. The molecule has 172 valence electrons. The molecule has 3 aromatic rings. The maximum atomic E-state index is 12.6. The molecule has 1 aromatic heterocycles. The molecule has 11 heteroatoms. The highest BCUT2D eigenvalue weighted by molar-refractivity contribution is 7.92. The van der Waals surface area contributed by atoms with Crippen LogP contribution in [-0.4, -0.2) is 38.5 Å². The number of aryl methyl sites for hydroxylation is 1.